The number of carboxylic acid groups (broad SMARTS) is 1. The monoisotopic (exact) mass is 726 g/mol. The molecule has 5 heterocycles. The lowest BCUT2D eigenvalue weighted by Gasteiger charge is -2.49. The number of β-lactam (4-membered cyclic amide) rings is 1. The van der Waals surface area contributed by atoms with Gasteiger partial charge in [-0.25, -0.2) is 23.5 Å². The van der Waals surface area contributed by atoms with E-state index in [4.69, 9.17) is 26.9 Å². The van der Waals surface area contributed by atoms with Crippen LogP contribution in [0.15, 0.2) is 50.9 Å². The highest BCUT2D eigenvalue weighted by Crippen LogP contribution is 2.40. The molecule has 0 radical (unpaired) electrons. The summed E-state index contributed by atoms with van der Waals surface area (Å²) in [7, 11) is 0. The van der Waals surface area contributed by atoms with Crippen LogP contribution in [0.4, 0.5) is 5.13 Å². The fraction of sp³-hybridized carbons (Fsp3) is 0.346. The van der Waals surface area contributed by atoms with Gasteiger partial charge in [0.2, 0.25) is 6.61 Å². The van der Waals surface area contributed by atoms with Crippen LogP contribution in [-0.2, 0) is 35.3 Å². The van der Waals surface area contributed by atoms with Crippen molar-refractivity contribution in [3.8, 4) is 0 Å². The number of thiazole rings is 1. The smallest absolute Gasteiger partial charge is 0.352 e. The van der Waals surface area contributed by atoms with Crippen LogP contribution in [0, 0.1) is 0 Å². The Kier molecular flexibility index (Phi) is 8.93. The van der Waals surface area contributed by atoms with Crippen LogP contribution in [0.2, 0.25) is 5.02 Å². The normalized spacial score (nSPS) is 18.6. The molecule has 3 aromatic heterocycles. The number of thioether (sulfide) groups is 1. The van der Waals surface area contributed by atoms with Gasteiger partial charge in [-0.15, -0.1) is 11.8 Å². The molecular weight excluding hydrogens is 702 g/mol. The first-order valence-corrected chi connectivity index (χ1v) is 16.0. The second-order valence-electron chi connectivity index (χ2n) is 10.6. The summed E-state index contributed by atoms with van der Waals surface area (Å²) in [5, 5.41) is 16.5. The van der Waals surface area contributed by atoms with Gasteiger partial charge in [-0.1, -0.05) is 28.1 Å². The number of fused-ring (bicyclic) bond motifs is 2. The number of nitrogens with zero attached hydrogens (tertiary/aromatic N) is 5. The number of hydrogen-bond acceptors (Lipinski definition) is 11. The van der Waals surface area contributed by atoms with Crippen molar-refractivity contribution in [3.05, 3.63) is 56.5 Å². The highest BCUT2D eigenvalue weighted by Gasteiger charge is 2.54. The van der Waals surface area contributed by atoms with Crippen molar-refractivity contribution in [3.63, 3.8) is 0 Å². The largest absolute Gasteiger partial charge is 0.477 e. The van der Waals surface area contributed by atoms with E-state index >= 15 is 0 Å². The van der Waals surface area contributed by atoms with E-state index in [-0.39, 0.29) is 28.8 Å². The average molecular weight is 728 g/mol. The van der Waals surface area contributed by atoms with Gasteiger partial charge in [0, 0.05) is 17.4 Å². The Morgan fingerprint density at radius 1 is 1.34 bits per heavy atom. The summed E-state index contributed by atoms with van der Waals surface area (Å²) in [6.45, 7) is 4.71. The summed E-state index contributed by atoms with van der Waals surface area (Å²) >= 11 is 11.7. The zero-order chi connectivity index (χ0) is 31.9. The first kappa shape index (κ1) is 31.7. The second kappa shape index (κ2) is 12.4. The third kappa shape index (κ3) is 6.55. The number of carbonyl (C=O) groups excluding carboxylic acids is 3. The first-order valence-electron chi connectivity index (χ1n) is 12.9. The molecule has 2 aliphatic rings. The lowest BCUT2D eigenvalue weighted by Crippen LogP contribution is -2.71. The zero-order valence-corrected chi connectivity index (χ0v) is 27.4. The van der Waals surface area contributed by atoms with Gasteiger partial charge in [0.1, 0.15) is 57.3 Å². The van der Waals surface area contributed by atoms with Gasteiger partial charge in [0.05, 0.1) is 5.02 Å². The number of rotatable bonds is 9. The molecule has 2 aliphatic heterocycles. The van der Waals surface area contributed by atoms with E-state index < -0.39 is 47.4 Å². The molecule has 1 fully saturated rings. The number of nitrogens with one attached hydrogen (secondary N) is 1. The summed E-state index contributed by atoms with van der Waals surface area (Å²) in [5.41, 5.74) is 5.93. The number of oxime groups is 1. The van der Waals surface area contributed by atoms with Crippen LogP contribution < -0.4 is 15.6 Å². The molecule has 44 heavy (non-hydrogen) atoms. The minimum absolute atomic E-state index is 0.0422. The van der Waals surface area contributed by atoms with Crippen molar-refractivity contribution < 1.29 is 38.4 Å². The number of esters is 1. The molecule has 0 bridgehead atoms. The number of aromatic nitrogens is 3. The lowest BCUT2D eigenvalue weighted by atomic mass is 10.0. The Morgan fingerprint density at radius 2 is 2.09 bits per heavy atom. The average Bonchev–Trinajstić information content (AvgIpc) is 3.48. The molecule has 3 aromatic rings. The maximum Gasteiger partial charge on any atom is 0.352 e. The Hall–Kier alpha value is -3.67. The van der Waals surface area contributed by atoms with Crippen LogP contribution in [-0.4, -0.2) is 78.2 Å². The fourth-order valence-electron chi connectivity index (χ4n) is 4.60. The number of imidazole rings is 1. The number of carbonyl (C=O) groups is 4. The molecule has 18 heteroatoms. The molecule has 0 aromatic carbocycles. The van der Waals surface area contributed by atoms with Gasteiger partial charge in [0.25, 0.3) is 17.5 Å². The van der Waals surface area contributed by atoms with Crippen LogP contribution in [0.5, 0.6) is 0 Å². The number of nitrogen functional groups attached to an aromatic ring is 1. The van der Waals surface area contributed by atoms with Crippen LogP contribution in [0.1, 0.15) is 26.5 Å². The number of ether oxygens (including phenoxy) is 1. The molecule has 0 spiro atoms. The molecule has 2 amide bonds. The van der Waals surface area contributed by atoms with Crippen LogP contribution in [0.3, 0.4) is 0 Å². The number of anilines is 1. The molecule has 0 aliphatic carbocycles. The highest BCUT2D eigenvalue weighted by molar-refractivity contribution is 9.11. The second-order valence-corrected chi connectivity index (χ2v) is 14.5. The van der Waals surface area contributed by atoms with E-state index in [1.54, 1.807) is 45.4 Å². The zero-order valence-electron chi connectivity index (χ0n) is 23.4. The van der Waals surface area contributed by atoms with Crippen molar-refractivity contribution >= 4 is 90.9 Å². The fourth-order valence-corrected chi connectivity index (χ4v) is 7.44. The van der Waals surface area contributed by atoms with Crippen molar-refractivity contribution in [2.75, 3.05) is 18.1 Å². The standard InChI is InChI=1S/C26H25BrClN7O7S2/c1-26(2,3)42-15(36)10-41-32-17(16-20(27)44-25(29)31-16)21(37)30-18-22(38)35-19(24(39)40)12(11-43-23(18)35)8-33-6-7-34-9-13(28)4-5-14(33)34/h4-7,9,18,23H,8,10-11H2,1-3H3,(H3-,29,30,31,37,39,40)/p+1/t18-,23+/m1/s1. The highest BCUT2D eigenvalue weighted by atomic mass is 79.9. The maximum absolute atomic E-state index is 13.4. The summed E-state index contributed by atoms with van der Waals surface area (Å²) in [6.07, 6.45) is 5.33. The van der Waals surface area contributed by atoms with Gasteiger partial charge in [-0.05, 0) is 42.8 Å². The number of amides is 2. The molecule has 1 saturated heterocycles. The van der Waals surface area contributed by atoms with Gasteiger partial charge < -0.3 is 25.7 Å². The van der Waals surface area contributed by atoms with E-state index in [1.807, 2.05) is 15.0 Å². The quantitative estimate of drug-likeness (QED) is 0.0972. The molecule has 4 N–H and O–H groups in total. The Balaban J connectivity index is 1.34. The van der Waals surface area contributed by atoms with Crippen molar-refractivity contribution in [1.29, 1.82) is 0 Å². The number of aliphatic carboxylic acids is 1. The van der Waals surface area contributed by atoms with E-state index in [0.29, 0.717) is 20.1 Å². The predicted molar refractivity (Wildman–Crippen MR) is 165 cm³/mol. The molecular formula is C26H26BrClN7O7S2+. The molecule has 2 atom stereocenters. The molecule has 0 saturated carbocycles. The molecule has 14 nitrogen and oxygen atoms in total. The van der Waals surface area contributed by atoms with Crippen molar-refractivity contribution in [2.45, 2.75) is 44.3 Å². The minimum Gasteiger partial charge on any atom is -0.477 e. The Labute approximate surface area is 271 Å². The molecule has 0 unspecified atom stereocenters. The number of halogens is 2. The molecule has 232 valence electrons. The third-order valence-electron chi connectivity index (χ3n) is 6.32. The lowest BCUT2D eigenvalue weighted by molar-refractivity contribution is -0.662. The van der Waals surface area contributed by atoms with Crippen molar-refractivity contribution in [2.24, 2.45) is 5.16 Å². The minimum atomic E-state index is -1.25. The number of hydrogen-bond donors (Lipinski definition) is 3. The molecule has 5 rings (SSSR count). The predicted octanol–water partition coefficient (Wildman–Crippen LogP) is 2.18. The van der Waals surface area contributed by atoms with Gasteiger partial charge in [0.15, 0.2) is 10.8 Å². The van der Waals surface area contributed by atoms with E-state index in [2.05, 4.69) is 31.4 Å². The Bertz CT molecular complexity index is 1750. The van der Waals surface area contributed by atoms with E-state index in [1.165, 1.54) is 16.7 Å². The van der Waals surface area contributed by atoms with Crippen LogP contribution in [0.25, 0.3) is 5.65 Å². The van der Waals surface area contributed by atoms with E-state index in [0.717, 1.165) is 17.0 Å². The summed E-state index contributed by atoms with van der Waals surface area (Å²) in [5.74, 6) is -3.10. The SMILES string of the molecule is CC(C)(C)OC(=O)CON=C(C(=O)N[C@@H]1C(=O)N2C(C(=O)O)=C(C[n+]3ccn4cc(Cl)ccc43)CS[C@@H]12)c1nc(N)sc1Br. The van der Waals surface area contributed by atoms with Gasteiger partial charge in [-0.2, -0.15) is 0 Å². The van der Waals surface area contributed by atoms with Gasteiger partial charge >= 0.3 is 11.9 Å². The summed E-state index contributed by atoms with van der Waals surface area (Å²) < 4.78 is 9.23. The maximum atomic E-state index is 13.4. The third-order valence-corrected chi connectivity index (χ3v) is 9.42. The summed E-state index contributed by atoms with van der Waals surface area (Å²) in [6, 6.07) is 2.49. The number of pyridine rings is 1. The number of carboxylic acids is 1. The van der Waals surface area contributed by atoms with E-state index in [9.17, 15) is 24.3 Å². The van der Waals surface area contributed by atoms with Gasteiger partial charge in [-0.3, -0.25) is 14.5 Å². The number of nitrogens with two attached hydrogens (primary N) is 1. The first-order chi connectivity index (χ1) is 20.7. The summed E-state index contributed by atoms with van der Waals surface area (Å²) in [4.78, 5) is 61.6. The van der Waals surface area contributed by atoms with Crippen LogP contribution >= 0.6 is 50.6 Å². The topological polar surface area (TPSA) is 182 Å². The van der Waals surface area contributed by atoms with Crippen molar-refractivity contribution in [1.82, 2.24) is 19.6 Å². The Morgan fingerprint density at radius 3 is 2.75 bits per heavy atom.